The summed E-state index contributed by atoms with van der Waals surface area (Å²) in [6.45, 7) is 4.17. The van der Waals surface area contributed by atoms with Gasteiger partial charge in [-0.05, 0) is 28.1 Å². The third kappa shape index (κ3) is 1.68. The van der Waals surface area contributed by atoms with Crippen LogP contribution >= 0.6 is 27.3 Å². The highest BCUT2D eigenvalue weighted by Gasteiger charge is 2.10. The highest BCUT2D eigenvalue weighted by atomic mass is 79.9. The van der Waals surface area contributed by atoms with Gasteiger partial charge in [-0.25, -0.2) is 9.37 Å². The molecule has 0 N–H and O–H groups in total. The summed E-state index contributed by atoms with van der Waals surface area (Å²) in [6.07, 6.45) is 0. The third-order valence-electron chi connectivity index (χ3n) is 1.92. The summed E-state index contributed by atoms with van der Waals surface area (Å²) < 4.78 is 14.7. The summed E-state index contributed by atoms with van der Waals surface area (Å²) in [7, 11) is 0. The summed E-state index contributed by atoms with van der Waals surface area (Å²) in [5.41, 5.74) is 0.861. The number of fused-ring (bicyclic) bond motifs is 1. The highest BCUT2D eigenvalue weighted by molar-refractivity contribution is 9.10. The zero-order chi connectivity index (χ0) is 10.3. The van der Waals surface area contributed by atoms with Crippen molar-refractivity contribution in [2.75, 3.05) is 0 Å². The fourth-order valence-corrected chi connectivity index (χ4v) is 2.90. The van der Waals surface area contributed by atoms with E-state index in [-0.39, 0.29) is 5.82 Å². The monoisotopic (exact) mass is 273 g/mol. The SMILES string of the molecule is CC(C)c1nc2c(Br)cc(F)cc2s1. The lowest BCUT2D eigenvalue weighted by atomic mass is 10.2. The van der Waals surface area contributed by atoms with Gasteiger partial charge in [-0.3, -0.25) is 0 Å². The molecular weight excluding hydrogens is 265 g/mol. The van der Waals surface area contributed by atoms with Gasteiger partial charge in [0, 0.05) is 10.4 Å². The number of rotatable bonds is 1. The van der Waals surface area contributed by atoms with Crippen molar-refractivity contribution in [3.05, 3.63) is 27.4 Å². The van der Waals surface area contributed by atoms with E-state index in [0.717, 1.165) is 19.7 Å². The average molecular weight is 274 g/mol. The maximum absolute atomic E-state index is 13.1. The van der Waals surface area contributed by atoms with Gasteiger partial charge in [-0.2, -0.15) is 0 Å². The van der Waals surface area contributed by atoms with Crippen LogP contribution in [0.4, 0.5) is 4.39 Å². The van der Waals surface area contributed by atoms with Gasteiger partial charge in [-0.1, -0.05) is 13.8 Å². The topological polar surface area (TPSA) is 12.9 Å². The molecule has 0 amide bonds. The summed E-state index contributed by atoms with van der Waals surface area (Å²) >= 11 is 4.87. The fourth-order valence-electron chi connectivity index (χ4n) is 1.22. The molecule has 0 saturated carbocycles. The Labute approximate surface area is 94.1 Å². The second kappa shape index (κ2) is 3.59. The molecule has 1 aromatic carbocycles. The lowest BCUT2D eigenvalue weighted by Gasteiger charge is -1.94. The number of hydrogen-bond acceptors (Lipinski definition) is 2. The predicted octanol–water partition coefficient (Wildman–Crippen LogP) is 4.32. The smallest absolute Gasteiger partial charge is 0.125 e. The zero-order valence-corrected chi connectivity index (χ0v) is 10.2. The summed E-state index contributed by atoms with van der Waals surface area (Å²) in [4.78, 5) is 4.46. The van der Waals surface area contributed by atoms with Crippen LogP contribution in [-0.2, 0) is 0 Å². The van der Waals surface area contributed by atoms with Crippen molar-refractivity contribution < 1.29 is 4.39 Å². The number of hydrogen-bond donors (Lipinski definition) is 0. The van der Waals surface area contributed by atoms with E-state index >= 15 is 0 Å². The van der Waals surface area contributed by atoms with Crippen LogP contribution in [0, 0.1) is 5.82 Å². The quantitative estimate of drug-likeness (QED) is 0.754. The first-order valence-corrected chi connectivity index (χ1v) is 5.94. The molecule has 2 rings (SSSR count). The Morgan fingerprint density at radius 3 is 2.79 bits per heavy atom. The fraction of sp³-hybridized carbons (Fsp3) is 0.300. The van der Waals surface area contributed by atoms with E-state index in [0.29, 0.717) is 5.92 Å². The second-order valence-corrected chi connectivity index (χ2v) is 5.36. The molecule has 0 saturated heterocycles. The van der Waals surface area contributed by atoms with Crippen molar-refractivity contribution in [3.8, 4) is 0 Å². The molecule has 1 heterocycles. The lowest BCUT2D eigenvalue weighted by molar-refractivity contribution is 0.629. The molecule has 0 aliphatic carbocycles. The number of thiazole rings is 1. The number of nitrogens with zero attached hydrogens (tertiary/aromatic N) is 1. The molecule has 14 heavy (non-hydrogen) atoms. The van der Waals surface area contributed by atoms with E-state index in [2.05, 4.69) is 34.8 Å². The van der Waals surface area contributed by atoms with Crippen LogP contribution in [-0.4, -0.2) is 4.98 Å². The molecule has 0 unspecified atom stereocenters. The van der Waals surface area contributed by atoms with E-state index in [9.17, 15) is 4.39 Å². The molecular formula is C10H9BrFNS. The molecule has 1 nitrogen and oxygen atoms in total. The van der Waals surface area contributed by atoms with Gasteiger partial charge in [0.15, 0.2) is 0 Å². The highest BCUT2D eigenvalue weighted by Crippen LogP contribution is 2.32. The standard InChI is InChI=1S/C10H9BrFNS/c1-5(2)10-13-9-7(11)3-6(12)4-8(9)14-10/h3-5H,1-2H3. The first kappa shape index (κ1) is 10.1. The van der Waals surface area contributed by atoms with Crippen LogP contribution in [0.15, 0.2) is 16.6 Å². The number of aromatic nitrogens is 1. The van der Waals surface area contributed by atoms with E-state index in [1.165, 1.54) is 12.1 Å². The number of benzene rings is 1. The molecule has 0 fully saturated rings. The molecule has 0 spiro atoms. The van der Waals surface area contributed by atoms with Crippen molar-refractivity contribution in [2.45, 2.75) is 19.8 Å². The van der Waals surface area contributed by atoms with E-state index in [4.69, 9.17) is 0 Å². The van der Waals surface area contributed by atoms with Crippen LogP contribution in [0.1, 0.15) is 24.8 Å². The first-order valence-electron chi connectivity index (χ1n) is 4.33. The predicted molar refractivity (Wildman–Crippen MR) is 61.4 cm³/mol. The second-order valence-electron chi connectivity index (χ2n) is 3.44. The Bertz CT molecular complexity index is 478. The maximum atomic E-state index is 13.1. The molecule has 2 aromatic rings. The van der Waals surface area contributed by atoms with Gasteiger partial charge < -0.3 is 0 Å². The van der Waals surface area contributed by atoms with E-state index in [1.54, 1.807) is 11.3 Å². The minimum absolute atomic E-state index is 0.219. The van der Waals surface area contributed by atoms with Gasteiger partial charge in [-0.15, -0.1) is 11.3 Å². The third-order valence-corrected chi connectivity index (χ3v) is 3.83. The van der Waals surface area contributed by atoms with Crippen molar-refractivity contribution in [2.24, 2.45) is 0 Å². The van der Waals surface area contributed by atoms with Crippen LogP contribution in [0.5, 0.6) is 0 Å². The van der Waals surface area contributed by atoms with Crippen molar-refractivity contribution >= 4 is 37.5 Å². The Morgan fingerprint density at radius 1 is 1.43 bits per heavy atom. The van der Waals surface area contributed by atoms with Gasteiger partial charge >= 0.3 is 0 Å². The van der Waals surface area contributed by atoms with Gasteiger partial charge in [0.1, 0.15) is 5.82 Å². The van der Waals surface area contributed by atoms with Crippen LogP contribution < -0.4 is 0 Å². The molecule has 1 aromatic heterocycles. The summed E-state index contributed by atoms with van der Waals surface area (Å²) in [5, 5.41) is 1.05. The first-order chi connectivity index (χ1) is 6.58. The summed E-state index contributed by atoms with van der Waals surface area (Å²) in [6, 6.07) is 2.98. The molecule has 0 aliphatic heterocycles. The molecule has 0 aliphatic rings. The maximum Gasteiger partial charge on any atom is 0.125 e. The summed E-state index contributed by atoms with van der Waals surface area (Å²) in [5.74, 6) is 0.172. The van der Waals surface area contributed by atoms with E-state index < -0.39 is 0 Å². The van der Waals surface area contributed by atoms with Gasteiger partial charge in [0.25, 0.3) is 0 Å². The normalized spacial score (nSPS) is 11.5. The largest absolute Gasteiger partial charge is 0.240 e. The Kier molecular flexibility index (Phi) is 2.58. The Morgan fingerprint density at radius 2 is 2.14 bits per heavy atom. The van der Waals surface area contributed by atoms with Crippen LogP contribution in [0.2, 0.25) is 0 Å². The lowest BCUT2D eigenvalue weighted by Crippen LogP contribution is -1.83. The molecule has 0 atom stereocenters. The van der Waals surface area contributed by atoms with Gasteiger partial charge in [0.05, 0.1) is 15.2 Å². The van der Waals surface area contributed by atoms with Crippen LogP contribution in [0.25, 0.3) is 10.2 Å². The van der Waals surface area contributed by atoms with Crippen molar-refractivity contribution in [1.29, 1.82) is 0 Å². The van der Waals surface area contributed by atoms with E-state index in [1.807, 2.05) is 0 Å². The molecule has 0 bridgehead atoms. The molecule has 0 radical (unpaired) electrons. The average Bonchev–Trinajstić information content (AvgIpc) is 2.47. The minimum atomic E-state index is -0.219. The minimum Gasteiger partial charge on any atom is -0.240 e. The van der Waals surface area contributed by atoms with Gasteiger partial charge in [0.2, 0.25) is 0 Å². The number of halogens is 2. The van der Waals surface area contributed by atoms with Crippen molar-refractivity contribution in [3.63, 3.8) is 0 Å². The zero-order valence-electron chi connectivity index (χ0n) is 7.84. The Hall–Kier alpha value is -0.480. The molecule has 74 valence electrons. The molecule has 4 heteroatoms. The Balaban J connectivity index is 2.70. The van der Waals surface area contributed by atoms with Crippen molar-refractivity contribution in [1.82, 2.24) is 4.98 Å². The van der Waals surface area contributed by atoms with Crippen LogP contribution in [0.3, 0.4) is 0 Å².